The molecule has 0 spiro atoms. The Bertz CT molecular complexity index is 1150. The first kappa shape index (κ1) is 20.9. The highest BCUT2D eigenvalue weighted by molar-refractivity contribution is 6.06. The number of esters is 1. The van der Waals surface area contributed by atoms with Gasteiger partial charge in [0.15, 0.2) is 6.10 Å². The van der Waals surface area contributed by atoms with Gasteiger partial charge < -0.3 is 10.1 Å². The van der Waals surface area contributed by atoms with E-state index in [9.17, 15) is 14.0 Å². The van der Waals surface area contributed by atoms with E-state index in [1.54, 1.807) is 6.07 Å². The van der Waals surface area contributed by atoms with Crippen molar-refractivity contribution in [2.24, 2.45) is 0 Å². The van der Waals surface area contributed by atoms with Gasteiger partial charge in [0.1, 0.15) is 5.82 Å². The van der Waals surface area contributed by atoms with Gasteiger partial charge in [0.2, 0.25) is 0 Å². The second-order valence-electron chi connectivity index (χ2n) is 7.56. The maximum Gasteiger partial charge on any atom is 0.339 e. The molecule has 2 aromatic carbocycles. The van der Waals surface area contributed by atoms with Crippen LogP contribution in [-0.2, 0) is 22.5 Å². The molecule has 0 saturated heterocycles. The number of ether oxygens (including phenoxy) is 1. The summed E-state index contributed by atoms with van der Waals surface area (Å²) in [6.07, 6.45) is -0.349. The molecule has 1 N–H and O–H groups in total. The summed E-state index contributed by atoms with van der Waals surface area (Å²) < 4.78 is 19.4. The summed E-state index contributed by atoms with van der Waals surface area (Å²) in [5, 5.41) is 3.17. The van der Waals surface area contributed by atoms with Crippen LogP contribution in [0.4, 0.5) is 10.1 Å². The standard InChI is InChI=1S/C24H24FN3O3/c1-3-28-13-12-20-17(14-28)22(16-8-4-6-10-19(16)26-20)24(30)31-15(2)23(29)27-21-11-7-5-9-18(21)25/h4-11,15H,3,12-14H2,1-2H3,(H,27,29). The first-order valence-corrected chi connectivity index (χ1v) is 10.4. The highest BCUT2D eigenvalue weighted by atomic mass is 19.1. The van der Waals surface area contributed by atoms with Gasteiger partial charge in [0, 0.05) is 36.2 Å². The molecular formula is C24H24FN3O3. The minimum Gasteiger partial charge on any atom is -0.449 e. The fraction of sp³-hybridized carbons (Fsp3) is 0.292. The zero-order chi connectivity index (χ0) is 22.0. The third-order valence-corrected chi connectivity index (χ3v) is 5.56. The van der Waals surface area contributed by atoms with E-state index in [0.717, 1.165) is 36.3 Å². The Balaban J connectivity index is 1.62. The predicted molar refractivity (Wildman–Crippen MR) is 116 cm³/mol. The highest BCUT2D eigenvalue weighted by Gasteiger charge is 2.28. The van der Waals surface area contributed by atoms with Crippen LogP contribution in [0, 0.1) is 5.82 Å². The van der Waals surface area contributed by atoms with Gasteiger partial charge in [-0.05, 0) is 31.7 Å². The molecule has 1 aromatic heterocycles. The fourth-order valence-electron chi connectivity index (χ4n) is 3.82. The number of halogens is 1. The number of carbonyl (C=O) groups excluding carboxylic acids is 2. The van der Waals surface area contributed by atoms with Crippen molar-refractivity contribution in [1.82, 2.24) is 9.88 Å². The number of carbonyl (C=O) groups is 2. The number of hydrogen-bond acceptors (Lipinski definition) is 5. The second kappa shape index (κ2) is 8.81. The van der Waals surface area contributed by atoms with Gasteiger partial charge in [0.25, 0.3) is 5.91 Å². The molecule has 1 aliphatic rings. The summed E-state index contributed by atoms with van der Waals surface area (Å²) in [5.41, 5.74) is 2.95. The number of nitrogens with zero attached hydrogens (tertiary/aromatic N) is 2. The summed E-state index contributed by atoms with van der Waals surface area (Å²) in [6.45, 7) is 5.89. The van der Waals surface area contributed by atoms with Crippen LogP contribution in [0.5, 0.6) is 0 Å². The molecule has 1 aliphatic heterocycles. The van der Waals surface area contributed by atoms with E-state index in [-0.39, 0.29) is 5.69 Å². The van der Waals surface area contributed by atoms with Gasteiger partial charge in [-0.15, -0.1) is 0 Å². The average molecular weight is 421 g/mol. The van der Waals surface area contributed by atoms with Crippen molar-refractivity contribution in [3.05, 3.63) is 71.2 Å². The predicted octanol–water partition coefficient (Wildman–Crippen LogP) is 3.94. The SMILES string of the molecule is CCN1CCc2nc3ccccc3c(C(=O)OC(C)C(=O)Nc3ccccc3F)c2C1. The number of pyridine rings is 1. The Kier molecular flexibility index (Phi) is 5.95. The van der Waals surface area contributed by atoms with Crippen molar-refractivity contribution < 1.29 is 18.7 Å². The van der Waals surface area contributed by atoms with E-state index in [4.69, 9.17) is 9.72 Å². The summed E-state index contributed by atoms with van der Waals surface area (Å²) in [4.78, 5) is 32.7. The molecule has 0 radical (unpaired) electrons. The molecule has 1 amide bonds. The zero-order valence-electron chi connectivity index (χ0n) is 17.5. The smallest absolute Gasteiger partial charge is 0.339 e. The molecule has 1 unspecified atom stereocenters. The van der Waals surface area contributed by atoms with E-state index in [2.05, 4.69) is 17.1 Å². The molecule has 0 saturated carbocycles. The highest BCUT2D eigenvalue weighted by Crippen LogP contribution is 2.29. The van der Waals surface area contributed by atoms with Crippen LogP contribution in [0.1, 0.15) is 35.5 Å². The Hall–Kier alpha value is -3.32. The topological polar surface area (TPSA) is 71.5 Å². The summed E-state index contributed by atoms with van der Waals surface area (Å²) in [5.74, 6) is -1.73. The second-order valence-corrected chi connectivity index (χ2v) is 7.56. The molecule has 160 valence electrons. The van der Waals surface area contributed by atoms with Gasteiger partial charge in [-0.1, -0.05) is 37.3 Å². The van der Waals surface area contributed by atoms with Crippen LogP contribution in [0.3, 0.4) is 0 Å². The summed E-state index contributed by atoms with van der Waals surface area (Å²) >= 11 is 0. The lowest BCUT2D eigenvalue weighted by molar-refractivity contribution is -0.123. The Morgan fingerprint density at radius 1 is 1.19 bits per heavy atom. The minimum atomic E-state index is -1.10. The number of aromatic nitrogens is 1. The van der Waals surface area contributed by atoms with Crippen molar-refractivity contribution in [2.45, 2.75) is 32.9 Å². The van der Waals surface area contributed by atoms with Gasteiger partial charge in [0.05, 0.1) is 16.8 Å². The molecule has 4 rings (SSSR count). The Morgan fingerprint density at radius 2 is 1.94 bits per heavy atom. The molecular weight excluding hydrogens is 397 g/mol. The maximum atomic E-state index is 13.8. The van der Waals surface area contributed by atoms with Crippen LogP contribution in [0.2, 0.25) is 0 Å². The van der Waals surface area contributed by atoms with Crippen molar-refractivity contribution in [1.29, 1.82) is 0 Å². The first-order valence-electron chi connectivity index (χ1n) is 10.4. The normalized spacial score (nSPS) is 14.7. The maximum absolute atomic E-state index is 13.8. The number of nitrogens with one attached hydrogen (secondary N) is 1. The number of benzene rings is 2. The van der Waals surface area contributed by atoms with Crippen molar-refractivity contribution in [3.63, 3.8) is 0 Å². The van der Waals surface area contributed by atoms with Crippen LogP contribution in [0.15, 0.2) is 48.5 Å². The van der Waals surface area contributed by atoms with Gasteiger partial charge >= 0.3 is 5.97 Å². The molecule has 0 bridgehead atoms. The molecule has 6 nitrogen and oxygen atoms in total. The van der Waals surface area contributed by atoms with E-state index in [1.807, 2.05) is 24.3 Å². The first-order chi connectivity index (χ1) is 15.0. The number of hydrogen-bond donors (Lipinski definition) is 1. The van der Waals surface area contributed by atoms with Gasteiger partial charge in [-0.2, -0.15) is 0 Å². The monoisotopic (exact) mass is 421 g/mol. The lowest BCUT2D eigenvalue weighted by Crippen LogP contribution is -2.34. The van der Waals surface area contributed by atoms with Gasteiger partial charge in [-0.25, -0.2) is 9.18 Å². The summed E-state index contributed by atoms with van der Waals surface area (Å²) in [6, 6.07) is 13.3. The number of rotatable bonds is 5. The number of likely N-dealkylation sites (N-methyl/N-ethyl adjacent to an activating group) is 1. The third-order valence-electron chi connectivity index (χ3n) is 5.56. The van der Waals surface area contributed by atoms with Crippen molar-refractivity contribution in [3.8, 4) is 0 Å². The van der Waals surface area contributed by atoms with Crippen molar-refractivity contribution in [2.75, 3.05) is 18.4 Å². The zero-order valence-corrected chi connectivity index (χ0v) is 17.5. The molecule has 0 fully saturated rings. The Morgan fingerprint density at radius 3 is 2.71 bits per heavy atom. The number of fused-ring (bicyclic) bond motifs is 2. The number of amides is 1. The van der Waals surface area contributed by atoms with E-state index < -0.39 is 23.8 Å². The molecule has 0 aliphatic carbocycles. The lowest BCUT2D eigenvalue weighted by atomic mass is 9.95. The summed E-state index contributed by atoms with van der Waals surface area (Å²) in [7, 11) is 0. The van der Waals surface area contributed by atoms with E-state index >= 15 is 0 Å². The lowest BCUT2D eigenvalue weighted by Gasteiger charge is -2.29. The minimum absolute atomic E-state index is 0.0423. The average Bonchev–Trinajstić information content (AvgIpc) is 2.78. The van der Waals surface area contributed by atoms with E-state index in [1.165, 1.54) is 25.1 Å². The van der Waals surface area contributed by atoms with Crippen LogP contribution >= 0.6 is 0 Å². The molecule has 1 atom stereocenters. The van der Waals surface area contributed by atoms with Crippen LogP contribution < -0.4 is 5.32 Å². The molecule has 7 heteroatoms. The number of para-hydroxylation sites is 2. The quantitative estimate of drug-likeness (QED) is 0.632. The van der Waals surface area contributed by atoms with Crippen molar-refractivity contribution >= 4 is 28.5 Å². The van der Waals surface area contributed by atoms with Crippen LogP contribution in [0.25, 0.3) is 10.9 Å². The van der Waals surface area contributed by atoms with Gasteiger partial charge in [-0.3, -0.25) is 14.7 Å². The fourth-order valence-corrected chi connectivity index (χ4v) is 3.82. The third kappa shape index (κ3) is 4.27. The van der Waals surface area contributed by atoms with Crippen LogP contribution in [-0.4, -0.2) is 41.0 Å². The molecule has 31 heavy (non-hydrogen) atoms. The largest absolute Gasteiger partial charge is 0.449 e. The molecule has 3 aromatic rings. The number of anilines is 1. The Labute approximate surface area is 180 Å². The molecule has 2 heterocycles. The van der Waals surface area contributed by atoms with E-state index in [0.29, 0.717) is 17.5 Å².